The van der Waals surface area contributed by atoms with Crippen LogP contribution in [0.25, 0.3) is 0 Å². The molecule has 0 aliphatic carbocycles. The second-order valence-corrected chi connectivity index (χ2v) is 13.1. The predicted molar refractivity (Wildman–Crippen MR) is 169 cm³/mol. The topological polar surface area (TPSA) is 97.4 Å². The van der Waals surface area contributed by atoms with Gasteiger partial charge < -0.3 is 28.4 Å². The van der Waals surface area contributed by atoms with Crippen molar-refractivity contribution in [3.8, 4) is 11.5 Å². The fraction of sp³-hybridized carbons (Fsp3) is 0.438. The first-order chi connectivity index (χ1) is 20.0. The molecule has 2 atom stereocenters. The molecular formula is C32H45NO7S2. The van der Waals surface area contributed by atoms with Gasteiger partial charge in [0.25, 0.3) is 0 Å². The molecular weight excluding hydrogens is 574 g/mol. The van der Waals surface area contributed by atoms with E-state index < -0.39 is 10.1 Å². The normalized spacial score (nSPS) is 13.3. The summed E-state index contributed by atoms with van der Waals surface area (Å²) >= 11 is 0. The molecule has 8 nitrogen and oxygen atoms in total. The Labute approximate surface area is 255 Å². The molecule has 10 heteroatoms. The van der Waals surface area contributed by atoms with Crippen LogP contribution in [0.3, 0.4) is 0 Å². The Hall–Kier alpha value is -2.76. The molecule has 0 radical (unpaired) electrons. The van der Waals surface area contributed by atoms with E-state index in [9.17, 15) is 13.0 Å². The summed E-state index contributed by atoms with van der Waals surface area (Å²) in [5, 5.41) is 0. The van der Waals surface area contributed by atoms with Crippen LogP contribution in [0, 0.1) is 0 Å². The lowest BCUT2D eigenvalue weighted by molar-refractivity contribution is -0.0617. The van der Waals surface area contributed by atoms with Gasteiger partial charge in [-0.05, 0) is 82.6 Å². The van der Waals surface area contributed by atoms with E-state index >= 15 is 0 Å². The Balaban J connectivity index is 0.000000675. The van der Waals surface area contributed by atoms with E-state index in [0.717, 1.165) is 33.4 Å². The minimum Gasteiger partial charge on any atom is -0.748 e. The van der Waals surface area contributed by atoms with E-state index in [1.165, 1.54) is 4.90 Å². The zero-order valence-corrected chi connectivity index (χ0v) is 27.4. The van der Waals surface area contributed by atoms with E-state index in [-0.39, 0.29) is 29.2 Å². The third-order valence-electron chi connectivity index (χ3n) is 5.83. The molecule has 3 aromatic rings. The summed E-state index contributed by atoms with van der Waals surface area (Å²) in [6, 6.07) is 25.2. The molecule has 0 spiro atoms. The van der Waals surface area contributed by atoms with E-state index in [4.69, 9.17) is 18.9 Å². The monoisotopic (exact) mass is 619 g/mol. The lowest BCUT2D eigenvalue weighted by Gasteiger charge is -2.17. The number of benzene rings is 3. The van der Waals surface area contributed by atoms with Gasteiger partial charge in [0.2, 0.25) is 0 Å². The first kappa shape index (κ1) is 35.4. The van der Waals surface area contributed by atoms with Gasteiger partial charge in [0.15, 0.2) is 27.3 Å². The molecule has 2 unspecified atom stereocenters. The summed E-state index contributed by atoms with van der Waals surface area (Å²) in [4.78, 5) is 5.65. The smallest absolute Gasteiger partial charge is 0.196 e. The predicted octanol–water partition coefficient (Wildman–Crippen LogP) is 6.70. The lowest BCUT2D eigenvalue weighted by Crippen LogP contribution is -2.16. The molecule has 0 fully saturated rings. The van der Waals surface area contributed by atoms with Gasteiger partial charge in [-0.1, -0.05) is 25.5 Å². The van der Waals surface area contributed by atoms with E-state index in [2.05, 4.69) is 67.5 Å². The molecule has 0 heterocycles. The van der Waals surface area contributed by atoms with E-state index in [1.807, 2.05) is 58.9 Å². The summed E-state index contributed by atoms with van der Waals surface area (Å²) in [6.45, 7) is 10.8. The minimum absolute atomic E-state index is 0.219. The van der Waals surface area contributed by atoms with Crippen LogP contribution in [0.2, 0.25) is 0 Å². The Morgan fingerprint density at radius 3 is 1.60 bits per heavy atom. The summed E-state index contributed by atoms with van der Waals surface area (Å²) in [6.07, 6.45) is 0.615. The van der Waals surface area contributed by atoms with Gasteiger partial charge >= 0.3 is 0 Å². The second kappa shape index (κ2) is 18.0. The van der Waals surface area contributed by atoms with Crippen molar-refractivity contribution in [3.63, 3.8) is 0 Å². The minimum atomic E-state index is -3.94. The number of nitrogens with zero attached hydrogens (tertiary/aromatic N) is 1. The van der Waals surface area contributed by atoms with Crippen LogP contribution < -0.4 is 14.4 Å². The summed E-state index contributed by atoms with van der Waals surface area (Å²) < 4.78 is 52.7. The van der Waals surface area contributed by atoms with Gasteiger partial charge in [0.05, 0.1) is 21.0 Å². The summed E-state index contributed by atoms with van der Waals surface area (Å²) in [7, 11) is -0.188. The van der Waals surface area contributed by atoms with Crippen molar-refractivity contribution in [1.82, 2.24) is 0 Å². The molecule has 3 aromatic carbocycles. The maximum absolute atomic E-state index is 9.83. The standard InChI is InChI=1S/C28H36NO4S.C4H10O3S/c1-7-30-21(3)32-24-11-9-13-27(19-24)34(26-17-15-23(16-18-26)29(5)6)28-14-10-12-25(20-28)33-22(4)31-8-2;1-2-3-4-8(5,6)7/h9-22H,7-8H2,1-6H3;2-4H2,1H3,(H,5,6,7)/q+1;/p-1. The fourth-order valence-electron chi connectivity index (χ4n) is 3.88. The highest BCUT2D eigenvalue weighted by molar-refractivity contribution is 7.97. The molecule has 0 saturated carbocycles. The number of anilines is 1. The van der Waals surface area contributed by atoms with Gasteiger partial charge in [0, 0.05) is 50.9 Å². The van der Waals surface area contributed by atoms with Crippen molar-refractivity contribution in [1.29, 1.82) is 0 Å². The Morgan fingerprint density at radius 2 is 1.24 bits per heavy atom. The molecule has 0 amide bonds. The third-order valence-corrected chi connectivity index (χ3v) is 8.81. The molecule has 0 N–H and O–H groups in total. The molecule has 0 aliphatic rings. The molecule has 0 saturated heterocycles. The number of hydrogen-bond donors (Lipinski definition) is 0. The van der Waals surface area contributed by atoms with Gasteiger partial charge in [-0.2, -0.15) is 0 Å². The average molecular weight is 620 g/mol. The van der Waals surface area contributed by atoms with Crippen LogP contribution in [0.1, 0.15) is 47.5 Å². The SMILES string of the molecule is CCCCS(=O)(=O)[O-].CCOC(C)Oc1cccc([S+](c2ccc(N(C)C)cc2)c2cccc(OC(C)OCC)c2)c1. The van der Waals surface area contributed by atoms with E-state index in [1.54, 1.807) is 0 Å². The molecule has 0 bridgehead atoms. The van der Waals surface area contributed by atoms with Crippen molar-refractivity contribution in [2.45, 2.75) is 74.7 Å². The highest BCUT2D eigenvalue weighted by Crippen LogP contribution is 2.35. The summed E-state index contributed by atoms with van der Waals surface area (Å²) in [5.41, 5.74) is 1.16. The highest BCUT2D eigenvalue weighted by Gasteiger charge is 2.30. The van der Waals surface area contributed by atoms with E-state index in [0.29, 0.717) is 19.6 Å². The van der Waals surface area contributed by atoms with Gasteiger partial charge in [-0.3, -0.25) is 0 Å². The zero-order valence-electron chi connectivity index (χ0n) is 25.7. The van der Waals surface area contributed by atoms with Crippen LogP contribution in [0.5, 0.6) is 11.5 Å². The maximum Gasteiger partial charge on any atom is 0.196 e. The van der Waals surface area contributed by atoms with Crippen LogP contribution >= 0.6 is 0 Å². The molecule has 0 aromatic heterocycles. The quantitative estimate of drug-likeness (QED) is 0.105. The van der Waals surface area contributed by atoms with Crippen LogP contribution in [-0.2, 0) is 30.5 Å². The van der Waals surface area contributed by atoms with Crippen LogP contribution in [0.4, 0.5) is 5.69 Å². The van der Waals surface area contributed by atoms with Gasteiger partial charge in [-0.25, -0.2) is 8.42 Å². The number of unbranched alkanes of at least 4 members (excludes halogenated alkanes) is 1. The molecule has 42 heavy (non-hydrogen) atoms. The molecule has 232 valence electrons. The van der Waals surface area contributed by atoms with Crippen molar-refractivity contribution >= 4 is 26.7 Å². The van der Waals surface area contributed by atoms with Gasteiger partial charge in [0.1, 0.15) is 11.5 Å². The van der Waals surface area contributed by atoms with Crippen LogP contribution in [-0.4, -0.2) is 58.6 Å². The second-order valence-electron chi connectivity index (χ2n) is 9.54. The lowest BCUT2D eigenvalue weighted by atomic mass is 10.3. The highest BCUT2D eigenvalue weighted by atomic mass is 32.2. The Morgan fingerprint density at radius 1 is 0.762 bits per heavy atom. The average Bonchev–Trinajstić information content (AvgIpc) is 2.93. The zero-order chi connectivity index (χ0) is 31.1. The number of ether oxygens (including phenoxy) is 4. The first-order valence-electron chi connectivity index (χ1n) is 14.2. The van der Waals surface area contributed by atoms with Crippen molar-refractivity contribution in [2.24, 2.45) is 0 Å². The third kappa shape index (κ3) is 12.6. The van der Waals surface area contributed by atoms with Gasteiger partial charge in [-0.15, -0.1) is 0 Å². The molecule has 3 rings (SSSR count). The van der Waals surface area contributed by atoms with Crippen molar-refractivity contribution in [2.75, 3.05) is 38.0 Å². The Kier molecular flexibility index (Phi) is 15.2. The molecule has 0 aliphatic heterocycles. The Bertz CT molecular complexity index is 1240. The largest absolute Gasteiger partial charge is 0.748 e. The fourth-order valence-corrected chi connectivity index (χ4v) is 6.64. The van der Waals surface area contributed by atoms with Crippen molar-refractivity contribution in [3.05, 3.63) is 72.8 Å². The first-order valence-corrected chi connectivity index (χ1v) is 17.0. The number of rotatable bonds is 15. The van der Waals surface area contributed by atoms with Crippen molar-refractivity contribution < 1.29 is 31.9 Å². The van der Waals surface area contributed by atoms with Crippen LogP contribution in [0.15, 0.2) is 87.5 Å². The summed E-state index contributed by atoms with van der Waals surface area (Å²) in [5.74, 6) is 1.36. The maximum atomic E-state index is 9.83. The number of hydrogen-bond acceptors (Lipinski definition) is 8.